The molecule has 0 bridgehead atoms. The SMILES string of the molecule is C=CNC1CCCC1F. The number of alkyl halides is 1. The second-order valence-electron chi connectivity index (χ2n) is 2.42. The molecule has 9 heavy (non-hydrogen) atoms. The standard InChI is InChI=1S/C7H12FN/c1-2-9-7-5-3-4-6(7)8/h2,6-7,9H,1,3-5H2. The van der Waals surface area contributed by atoms with Crippen LogP contribution in [0, 0.1) is 0 Å². The van der Waals surface area contributed by atoms with E-state index in [0.717, 1.165) is 12.8 Å². The second-order valence-corrected chi connectivity index (χ2v) is 2.42. The van der Waals surface area contributed by atoms with Crippen LogP contribution in [-0.4, -0.2) is 12.2 Å². The summed E-state index contributed by atoms with van der Waals surface area (Å²) in [4.78, 5) is 0. The highest BCUT2D eigenvalue weighted by atomic mass is 19.1. The van der Waals surface area contributed by atoms with Gasteiger partial charge in [-0.25, -0.2) is 4.39 Å². The molecule has 1 fully saturated rings. The maximum absolute atomic E-state index is 12.7. The number of hydrogen-bond donors (Lipinski definition) is 1. The van der Waals surface area contributed by atoms with Crippen LogP contribution < -0.4 is 5.32 Å². The van der Waals surface area contributed by atoms with Crippen LogP contribution in [0.3, 0.4) is 0 Å². The van der Waals surface area contributed by atoms with Gasteiger partial charge in [0.2, 0.25) is 0 Å². The summed E-state index contributed by atoms with van der Waals surface area (Å²) in [7, 11) is 0. The fraction of sp³-hybridized carbons (Fsp3) is 0.714. The Morgan fingerprint density at radius 2 is 2.33 bits per heavy atom. The molecule has 0 radical (unpaired) electrons. The first-order valence-corrected chi connectivity index (χ1v) is 3.35. The molecule has 0 spiro atoms. The minimum Gasteiger partial charge on any atom is -0.386 e. The second kappa shape index (κ2) is 2.85. The molecular weight excluding hydrogens is 117 g/mol. The minimum atomic E-state index is -0.650. The van der Waals surface area contributed by atoms with Crippen LogP contribution in [0.15, 0.2) is 12.8 Å². The predicted octanol–water partition coefficient (Wildman–Crippen LogP) is 1.61. The Bertz CT molecular complexity index is 103. The van der Waals surface area contributed by atoms with E-state index < -0.39 is 6.17 Å². The van der Waals surface area contributed by atoms with Crippen LogP contribution in [0.1, 0.15) is 19.3 Å². The lowest BCUT2D eigenvalue weighted by Gasteiger charge is -2.11. The lowest BCUT2D eigenvalue weighted by atomic mass is 10.2. The molecule has 0 saturated heterocycles. The largest absolute Gasteiger partial charge is 0.386 e. The van der Waals surface area contributed by atoms with Gasteiger partial charge in [-0.2, -0.15) is 0 Å². The highest BCUT2D eigenvalue weighted by Crippen LogP contribution is 2.21. The van der Waals surface area contributed by atoms with Gasteiger partial charge in [-0.05, 0) is 25.5 Å². The summed E-state index contributed by atoms with van der Waals surface area (Å²) >= 11 is 0. The van der Waals surface area contributed by atoms with Crippen molar-refractivity contribution in [3.63, 3.8) is 0 Å². The van der Waals surface area contributed by atoms with Crippen LogP contribution >= 0.6 is 0 Å². The topological polar surface area (TPSA) is 12.0 Å². The van der Waals surface area contributed by atoms with Crippen molar-refractivity contribution >= 4 is 0 Å². The first-order valence-electron chi connectivity index (χ1n) is 3.35. The third-order valence-corrected chi connectivity index (χ3v) is 1.76. The van der Waals surface area contributed by atoms with Crippen LogP contribution in [0.2, 0.25) is 0 Å². The summed E-state index contributed by atoms with van der Waals surface area (Å²) in [6, 6.07) is 0.0440. The molecule has 2 atom stereocenters. The van der Waals surface area contributed by atoms with E-state index in [-0.39, 0.29) is 6.04 Å². The molecule has 1 aliphatic rings. The van der Waals surface area contributed by atoms with Crippen molar-refractivity contribution in [3.8, 4) is 0 Å². The molecule has 0 aromatic heterocycles. The van der Waals surface area contributed by atoms with Gasteiger partial charge in [0.15, 0.2) is 0 Å². The van der Waals surface area contributed by atoms with Crippen molar-refractivity contribution in [2.24, 2.45) is 0 Å². The molecule has 0 aliphatic heterocycles. The van der Waals surface area contributed by atoms with E-state index in [0.29, 0.717) is 6.42 Å². The Balaban J connectivity index is 2.30. The highest BCUT2D eigenvalue weighted by Gasteiger charge is 2.25. The molecule has 1 rings (SSSR count). The van der Waals surface area contributed by atoms with Gasteiger partial charge in [0.1, 0.15) is 6.17 Å². The third kappa shape index (κ3) is 1.44. The number of halogens is 1. The Hall–Kier alpha value is -0.530. The maximum Gasteiger partial charge on any atom is 0.120 e. The van der Waals surface area contributed by atoms with Gasteiger partial charge < -0.3 is 5.32 Å². The molecule has 0 amide bonds. The molecule has 0 heterocycles. The Labute approximate surface area is 54.9 Å². The average Bonchev–Trinajstić information content (AvgIpc) is 2.18. The summed E-state index contributed by atoms with van der Waals surface area (Å²) in [5, 5.41) is 2.88. The van der Waals surface area contributed by atoms with Crippen LogP contribution in [0.5, 0.6) is 0 Å². The van der Waals surface area contributed by atoms with Crippen LogP contribution in [-0.2, 0) is 0 Å². The van der Waals surface area contributed by atoms with Gasteiger partial charge in [0.25, 0.3) is 0 Å². The van der Waals surface area contributed by atoms with Gasteiger partial charge in [-0.1, -0.05) is 6.58 Å². The zero-order chi connectivity index (χ0) is 6.69. The van der Waals surface area contributed by atoms with Gasteiger partial charge >= 0.3 is 0 Å². The molecule has 0 aromatic rings. The quantitative estimate of drug-likeness (QED) is 0.597. The van der Waals surface area contributed by atoms with E-state index in [4.69, 9.17) is 0 Å². The minimum absolute atomic E-state index is 0.0440. The smallest absolute Gasteiger partial charge is 0.120 e. The molecule has 1 saturated carbocycles. The predicted molar refractivity (Wildman–Crippen MR) is 35.9 cm³/mol. The van der Waals surface area contributed by atoms with Gasteiger partial charge in [-0.3, -0.25) is 0 Å². The van der Waals surface area contributed by atoms with Crippen LogP contribution in [0.25, 0.3) is 0 Å². The summed E-state index contributed by atoms with van der Waals surface area (Å²) in [5.41, 5.74) is 0. The summed E-state index contributed by atoms with van der Waals surface area (Å²) in [5.74, 6) is 0. The summed E-state index contributed by atoms with van der Waals surface area (Å²) < 4.78 is 12.7. The monoisotopic (exact) mass is 129 g/mol. The van der Waals surface area contributed by atoms with Crippen LogP contribution in [0.4, 0.5) is 4.39 Å². The lowest BCUT2D eigenvalue weighted by Crippen LogP contribution is -2.28. The molecule has 1 aliphatic carbocycles. The van der Waals surface area contributed by atoms with Crippen molar-refractivity contribution in [1.29, 1.82) is 0 Å². The summed E-state index contributed by atoms with van der Waals surface area (Å²) in [6.45, 7) is 3.48. The van der Waals surface area contributed by atoms with Crippen molar-refractivity contribution in [2.75, 3.05) is 0 Å². The number of hydrogen-bond acceptors (Lipinski definition) is 1. The first-order chi connectivity index (χ1) is 4.34. The van der Waals surface area contributed by atoms with E-state index in [1.807, 2.05) is 0 Å². The van der Waals surface area contributed by atoms with E-state index in [1.165, 1.54) is 0 Å². The van der Waals surface area contributed by atoms with Crippen molar-refractivity contribution in [3.05, 3.63) is 12.8 Å². The average molecular weight is 129 g/mol. The van der Waals surface area contributed by atoms with Crippen molar-refractivity contribution < 1.29 is 4.39 Å². The van der Waals surface area contributed by atoms with E-state index >= 15 is 0 Å². The van der Waals surface area contributed by atoms with Crippen molar-refractivity contribution in [1.82, 2.24) is 5.32 Å². The normalized spacial score (nSPS) is 34.3. The number of rotatable bonds is 2. The summed E-state index contributed by atoms with van der Waals surface area (Å²) in [6.07, 6.45) is 3.59. The molecule has 2 unspecified atom stereocenters. The Kier molecular flexibility index (Phi) is 2.09. The molecular formula is C7H12FN. The highest BCUT2D eigenvalue weighted by molar-refractivity contribution is 4.86. The molecule has 1 nitrogen and oxygen atoms in total. The van der Waals surface area contributed by atoms with E-state index in [2.05, 4.69) is 11.9 Å². The molecule has 0 aromatic carbocycles. The maximum atomic E-state index is 12.7. The lowest BCUT2D eigenvalue weighted by molar-refractivity contribution is 0.294. The third-order valence-electron chi connectivity index (χ3n) is 1.76. The first kappa shape index (κ1) is 6.59. The zero-order valence-electron chi connectivity index (χ0n) is 5.44. The van der Waals surface area contributed by atoms with Gasteiger partial charge in [0, 0.05) is 0 Å². The molecule has 2 heteroatoms. The van der Waals surface area contributed by atoms with E-state index in [9.17, 15) is 4.39 Å². The zero-order valence-corrected chi connectivity index (χ0v) is 5.44. The molecule has 52 valence electrons. The number of nitrogens with one attached hydrogen (secondary N) is 1. The van der Waals surface area contributed by atoms with Crippen molar-refractivity contribution in [2.45, 2.75) is 31.5 Å². The Morgan fingerprint density at radius 3 is 2.78 bits per heavy atom. The fourth-order valence-electron chi connectivity index (χ4n) is 1.25. The molecule has 1 N–H and O–H groups in total. The van der Waals surface area contributed by atoms with Gasteiger partial charge in [-0.15, -0.1) is 0 Å². The van der Waals surface area contributed by atoms with Gasteiger partial charge in [0.05, 0.1) is 6.04 Å². The Morgan fingerprint density at radius 1 is 1.56 bits per heavy atom. The fourth-order valence-corrected chi connectivity index (χ4v) is 1.25. The van der Waals surface area contributed by atoms with E-state index in [1.54, 1.807) is 6.20 Å².